The van der Waals surface area contributed by atoms with Crippen LogP contribution >= 0.6 is 0 Å². The van der Waals surface area contributed by atoms with Gasteiger partial charge in [0.25, 0.3) is 0 Å². The van der Waals surface area contributed by atoms with Gasteiger partial charge in [0.2, 0.25) is 15.9 Å². The van der Waals surface area contributed by atoms with Crippen LogP contribution in [0.25, 0.3) is 6.08 Å². The molecule has 1 N–H and O–H groups in total. The number of piperidine rings is 1. The van der Waals surface area contributed by atoms with Crippen LogP contribution in [0.15, 0.2) is 60.3 Å². The highest BCUT2D eigenvalue weighted by molar-refractivity contribution is 7.92. The van der Waals surface area contributed by atoms with Gasteiger partial charge in [0.1, 0.15) is 0 Å². The van der Waals surface area contributed by atoms with Gasteiger partial charge < -0.3 is 9.80 Å². The highest BCUT2D eigenvalue weighted by Gasteiger charge is 2.33. The van der Waals surface area contributed by atoms with Crippen LogP contribution in [0.1, 0.15) is 24.8 Å². The molecule has 0 aliphatic carbocycles. The maximum atomic E-state index is 13.0. The number of carbonyl (C=O) groups excluding carboxylic acids is 1. The Labute approximate surface area is 190 Å². The first-order valence-electron chi connectivity index (χ1n) is 11.2. The first-order chi connectivity index (χ1) is 15.5. The Kier molecular flexibility index (Phi) is 7.22. The van der Waals surface area contributed by atoms with E-state index >= 15 is 0 Å². The van der Waals surface area contributed by atoms with Crippen molar-refractivity contribution in [2.24, 2.45) is 11.8 Å². The van der Waals surface area contributed by atoms with E-state index in [9.17, 15) is 13.2 Å². The standard InChI is InChI=1S/C24H30N4O3S/c29-24(22-9-15-27(16-10-22)23-6-12-25-13-7-23)28-14-8-21(19-28)18-26-32(30,31)17-11-20-4-2-1-3-5-20/h1-7,11-13,17,21-22,26H,8-10,14-16,18-19H2/b17-11+. The minimum absolute atomic E-state index is 0.0531. The first kappa shape index (κ1) is 22.5. The molecule has 2 aromatic rings. The molecule has 7 nitrogen and oxygen atoms in total. The molecule has 3 heterocycles. The molecule has 170 valence electrons. The van der Waals surface area contributed by atoms with Crippen LogP contribution in [0.4, 0.5) is 5.69 Å². The number of amides is 1. The lowest BCUT2D eigenvalue weighted by molar-refractivity contribution is -0.135. The molecule has 0 saturated carbocycles. The Bertz CT molecular complexity index is 1020. The Morgan fingerprint density at radius 1 is 1.03 bits per heavy atom. The van der Waals surface area contributed by atoms with Crippen LogP contribution in [0.2, 0.25) is 0 Å². The maximum Gasteiger partial charge on any atom is 0.233 e. The second-order valence-electron chi connectivity index (χ2n) is 8.51. The highest BCUT2D eigenvalue weighted by Crippen LogP contribution is 2.26. The van der Waals surface area contributed by atoms with Crippen molar-refractivity contribution < 1.29 is 13.2 Å². The largest absolute Gasteiger partial charge is 0.371 e. The van der Waals surface area contributed by atoms with Crippen molar-refractivity contribution in [2.75, 3.05) is 37.6 Å². The molecule has 8 heteroatoms. The minimum atomic E-state index is -3.50. The van der Waals surface area contributed by atoms with Crippen LogP contribution < -0.4 is 9.62 Å². The average Bonchev–Trinajstić information content (AvgIpc) is 3.32. The predicted molar refractivity (Wildman–Crippen MR) is 126 cm³/mol. The van der Waals surface area contributed by atoms with Gasteiger partial charge in [-0.05, 0) is 49.0 Å². The van der Waals surface area contributed by atoms with Gasteiger partial charge in [0.15, 0.2) is 0 Å². The Morgan fingerprint density at radius 2 is 1.75 bits per heavy atom. The van der Waals surface area contributed by atoms with E-state index in [4.69, 9.17) is 0 Å². The number of hydrogen-bond donors (Lipinski definition) is 1. The maximum absolute atomic E-state index is 13.0. The van der Waals surface area contributed by atoms with Crippen LogP contribution in [0.3, 0.4) is 0 Å². The number of sulfonamides is 1. The number of likely N-dealkylation sites (tertiary alicyclic amines) is 1. The lowest BCUT2D eigenvalue weighted by Crippen LogP contribution is -2.42. The molecule has 1 aromatic carbocycles. The van der Waals surface area contributed by atoms with Crippen molar-refractivity contribution >= 4 is 27.7 Å². The monoisotopic (exact) mass is 454 g/mol. The van der Waals surface area contributed by atoms with Gasteiger partial charge in [0, 0.05) is 62.1 Å². The van der Waals surface area contributed by atoms with E-state index in [2.05, 4.69) is 14.6 Å². The van der Waals surface area contributed by atoms with Crippen molar-refractivity contribution in [1.82, 2.24) is 14.6 Å². The second-order valence-corrected chi connectivity index (χ2v) is 10.2. The molecule has 2 aliphatic rings. The van der Waals surface area contributed by atoms with Crippen LogP contribution in [0.5, 0.6) is 0 Å². The number of benzene rings is 1. The molecule has 1 amide bonds. The summed E-state index contributed by atoms with van der Waals surface area (Å²) in [5, 5.41) is 1.21. The van der Waals surface area contributed by atoms with Crippen LogP contribution in [-0.4, -0.2) is 56.9 Å². The fourth-order valence-corrected chi connectivity index (χ4v) is 5.31. The molecule has 1 atom stereocenters. The number of rotatable bonds is 7. The van der Waals surface area contributed by atoms with E-state index in [-0.39, 0.29) is 17.7 Å². The molecule has 0 bridgehead atoms. The molecule has 2 fully saturated rings. The molecule has 0 radical (unpaired) electrons. The predicted octanol–water partition coefficient (Wildman–Crippen LogP) is 2.74. The van der Waals surface area contributed by atoms with Gasteiger partial charge in [-0.15, -0.1) is 0 Å². The third kappa shape index (κ3) is 5.95. The minimum Gasteiger partial charge on any atom is -0.371 e. The highest BCUT2D eigenvalue weighted by atomic mass is 32.2. The first-order valence-corrected chi connectivity index (χ1v) is 12.7. The number of nitrogens with one attached hydrogen (secondary N) is 1. The normalized spacial score (nSPS) is 20.2. The zero-order valence-electron chi connectivity index (χ0n) is 18.1. The molecular weight excluding hydrogens is 424 g/mol. The van der Waals surface area contributed by atoms with Gasteiger partial charge in [-0.2, -0.15) is 0 Å². The molecule has 2 aliphatic heterocycles. The molecule has 0 spiro atoms. The van der Waals surface area contributed by atoms with Gasteiger partial charge in [-0.3, -0.25) is 9.78 Å². The summed E-state index contributed by atoms with van der Waals surface area (Å²) in [6.45, 7) is 3.41. The summed E-state index contributed by atoms with van der Waals surface area (Å²) < 4.78 is 27.2. The van der Waals surface area contributed by atoms with Gasteiger partial charge in [-0.25, -0.2) is 13.1 Å². The number of nitrogens with zero attached hydrogens (tertiary/aromatic N) is 3. The third-order valence-corrected chi connectivity index (χ3v) is 7.35. The second kappa shape index (κ2) is 10.3. The quantitative estimate of drug-likeness (QED) is 0.696. The summed E-state index contributed by atoms with van der Waals surface area (Å²) in [5.74, 6) is 0.418. The number of pyridine rings is 1. The summed E-state index contributed by atoms with van der Waals surface area (Å²) in [5.41, 5.74) is 1.99. The lowest BCUT2D eigenvalue weighted by atomic mass is 9.95. The molecule has 1 aromatic heterocycles. The molecule has 1 unspecified atom stereocenters. The van der Waals surface area contributed by atoms with Crippen LogP contribution in [0, 0.1) is 11.8 Å². The molecule has 2 saturated heterocycles. The van der Waals surface area contributed by atoms with E-state index in [0.717, 1.165) is 43.6 Å². The lowest BCUT2D eigenvalue weighted by Gasteiger charge is -2.34. The van der Waals surface area contributed by atoms with E-state index in [0.29, 0.717) is 19.6 Å². The Morgan fingerprint density at radius 3 is 2.47 bits per heavy atom. The Hall–Kier alpha value is -2.71. The van der Waals surface area contributed by atoms with Crippen molar-refractivity contribution in [3.8, 4) is 0 Å². The molecule has 4 rings (SSSR count). The zero-order chi connectivity index (χ0) is 22.4. The third-order valence-electron chi connectivity index (χ3n) is 6.28. The number of carbonyl (C=O) groups is 1. The smallest absolute Gasteiger partial charge is 0.233 e. The molecular formula is C24H30N4O3S. The summed E-state index contributed by atoms with van der Waals surface area (Å²) in [6.07, 6.45) is 7.70. The zero-order valence-corrected chi connectivity index (χ0v) is 19.0. The SMILES string of the molecule is O=C(C1CCN(c2ccncc2)CC1)N1CCC(CNS(=O)(=O)/C=C/c2ccccc2)C1. The van der Waals surface area contributed by atoms with Crippen molar-refractivity contribution in [2.45, 2.75) is 19.3 Å². The van der Waals surface area contributed by atoms with Crippen molar-refractivity contribution in [3.63, 3.8) is 0 Å². The number of aromatic nitrogens is 1. The van der Waals surface area contributed by atoms with E-state index in [1.807, 2.05) is 47.4 Å². The van der Waals surface area contributed by atoms with Gasteiger partial charge in [-0.1, -0.05) is 30.3 Å². The Balaban J connectivity index is 1.22. The fraction of sp³-hybridized carbons (Fsp3) is 0.417. The van der Waals surface area contributed by atoms with Gasteiger partial charge in [0.05, 0.1) is 0 Å². The van der Waals surface area contributed by atoms with E-state index < -0.39 is 10.0 Å². The summed E-state index contributed by atoms with van der Waals surface area (Å²) in [7, 11) is -3.50. The van der Waals surface area contributed by atoms with Gasteiger partial charge >= 0.3 is 0 Å². The number of hydrogen-bond acceptors (Lipinski definition) is 5. The average molecular weight is 455 g/mol. The summed E-state index contributed by atoms with van der Waals surface area (Å²) >= 11 is 0. The molecule has 32 heavy (non-hydrogen) atoms. The topological polar surface area (TPSA) is 82.6 Å². The van der Waals surface area contributed by atoms with Crippen LogP contribution in [-0.2, 0) is 14.8 Å². The van der Waals surface area contributed by atoms with Crippen molar-refractivity contribution in [1.29, 1.82) is 0 Å². The number of anilines is 1. The van der Waals surface area contributed by atoms with E-state index in [1.165, 1.54) is 5.41 Å². The summed E-state index contributed by atoms with van der Waals surface area (Å²) in [4.78, 5) is 21.3. The van der Waals surface area contributed by atoms with Crippen molar-refractivity contribution in [3.05, 3.63) is 65.8 Å². The van der Waals surface area contributed by atoms with E-state index in [1.54, 1.807) is 18.5 Å². The fourth-order valence-electron chi connectivity index (χ4n) is 4.41. The summed E-state index contributed by atoms with van der Waals surface area (Å²) in [6, 6.07) is 13.3.